The Labute approximate surface area is 141 Å². The lowest BCUT2D eigenvalue weighted by molar-refractivity contribution is -0.143. The van der Waals surface area contributed by atoms with Gasteiger partial charge in [-0.1, -0.05) is 17.7 Å². The fourth-order valence-electron chi connectivity index (χ4n) is 2.34. The van der Waals surface area contributed by atoms with E-state index in [-0.39, 0.29) is 12.2 Å². The number of hydrogen-bond donors (Lipinski definition) is 1. The molecule has 0 aliphatic heterocycles. The van der Waals surface area contributed by atoms with E-state index in [4.69, 9.17) is 4.42 Å². The summed E-state index contributed by atoms with van der Waals surface area (Å²) in [5.74, 6) is -0.435. The van der Waals surface area contributed by atoms with Gasteiger partial charge in [0.2, 0.25) is 0 Å². The summed E-state index contributed by atoms with van der Waals surface area (Å²) < 4.78 is 46.3. The Morgan fingerprint density at radius 1 is 1.24 bits per heavy atom. The van der Waals surface area contributed by atoms with Gasteiger partial charge in [-0.05, 0) is 31.2 Å². The second-order valence-corrected chi connectivity index (χ2v) is 5.41. The molecule has 0 saturated heterocycles. The van der Waals surface area contributed by atoms with E-state index in [9.17, 15) is 18.0 Å². The highest BCUT2D eigenvalue weighted by molar-refractivity contribution is 5.95. The lowest BCUT2D eigenvalue weighted by atomic mass is 10.2. The third kappa shape index (κ3) is 3.57. The van der Waals surface area contributed by atoms with Crippen molar-refractivity contribution in [3.05, 3.63) is 71.4 Å². The fourth-order valence-corrected chi connectivity index (χ4v) is 2.34. The quantitative estimate of drug-likeness (QED) is 0.781. The zero-order valence-electron chi connectivity index (χ0n) is 13.2. The van der Waals surface area contributed by atoms with Gasteiger partial charge in [-0.15, -0.1) is 0 Å². The molecule has 1 aromatic carbocycles. The molecular formula is C17H14F3N3O2. The summed E-state index contributed by atoms with van der Waals surface area (Å²) in [4.78, 5) is 12.2. The molecule has 2 heterocycles. The maximum Gasteiger partial charge on any atom is 0.434 e. The van der Waals surface area contributed by atoms with Crippen LogP contribution in [0.25, 0.3) is 5.69 Å². The highest BCUT2D eigenvalue weighted by Crippen LogP contribution is 2.33. The van der Waals surface area contributed by atoms with Crippen LogP contribution in [0.3, 0.4) is 0 Å². The minimum Gasteiger partial charge on any atom is -0.467 e. The number of rotatable bonds is 4. The Kier molecular flexibility index (Phi) is 4.35. The van der Waals surface area contributed by atoms with Crippen molar-refractivity contribution < 1.29 is 22.4 Å². The Hall–Kier alpha value is -3.03. The second kappa shape index (κ2) is 6.46. The third-order valence-electron chi connectivity index (χ3n) is 3.56. The molecular weight excluding hydrogens is 335 g/mol. The number of benzene rings is 1. The van der Waals surface area contributed by atoms with Crippen LogP contribution in [0.15, 0.2) is 53.3 Å². The zero-order chi connectivity index (χ0) is 18.0. The number of alkyl halides is 3. The van der Waals surface area contributed by atoms with Crippen LogP contribution in [0.4, 0.5) is 13.2 Å². The number of aromatic nitrogens is 2. The van der Waals surface area contributed by atoms with Crippen LogP contribution in [-0.2, 0) is 12.7 Å². The van der Waals surface area contributed by atoms with E-state index >= 15 is 0 Å². The van der Waals surface area contributed by atoms with Gasteiger partial charge >= 0.3 is 6.18 Å². The predicted molar refractivity (Wildman–Crippen MR) is 83.2 cm³/mol. The first kappa shape index (κ1) is 16.8. The number of furan rings is 1. The molecule has 0 unspecified atom stereocenters. The van der Waals surface area contributed by atoms with Crippen molar-refractivity contribution in [1.29, 1.82) is 0 Å². The van der Waals surface area contributed by atoms with Crippen LogP contribution in [0.5, 0.6) is 0 Å². The van der Waals surface area contributed by atoms with Crippen LogP contribution in [0, 0.1) is 6.92 Å². The Morgan fingerprint density at radius 3 is 2.56 bits per heavy atom. The normalized spacial score (nSPS) is 11.5. The number of carbonyl (C=O) groups is 1. The summed E-state index contributed by atoms with van der Waals surface area (Å²) >= 11 is 0. The zero-order valence-corrected chi connectivity index (χ0v) is 13.2. The molecule has 3 aromatic rings. The monoisotopic (exact) mass is 349 g/mol. The van der Waals surface area contributed by atoms with Crippen molar-refractivity contribution in [3.63, 3.8) is 0 Å². The third-order valence-corrected chi connectivity index (χ3v) is 3.56. The molecule has 0 atom stereocenters. The van der Waals surface area contributed by atoms with Gasteiger partial charge in [0.15, 0.2) is 5.69 Å². The van der Waals surface area contributed by atoms with Crippen LogP contribution in [-0.4, -0.2) is 15.7 Å². The molecule has 8 heteroatoms. The summed E-state index contributed by atoms with van der Waals surface area (Å²) in [7, 11) is 0. The molecule has 2 aromatic heterocycles. The maximum absolute atomic E-state index is 13.5. The smallest absolute Gasteiger partial charge is 0.434 e. The molecule has 0 bridgehead atoms. The van der Waals surface area contributed by atoms with Crippen molar-refractivity contribution in [3.8, 4) is 5.69 Å². The van der Waals surface area contributed by atoms with Crippen molar-refractivity contribution >= 4 is 5.91 Å². The first-order valence-corrected chi connectivity index (χ1v) is 7.39. The summed E-state index contributed by atoms with van der Waals surface area (Å²) in [6.07, 6.45) is -2.41. The standard InChI is InChI=1S/C17H14F3N3O2/c1-11-4-6-12(7-5-11)23-15(17(18,19)20)14(10-22-23)16(24)21-9-13-3-2-8-25-13/h2-8,10H,9H2,1H3,(H,21,24). The highest BCUT2D eigenvalue weighted by atomic mass is 19.4. The van der Waals surface area contributed by atoms with Gasteiger partial charge in [-0.3, -0.25) is 4.79 Å². The molecule has 0 fully saturated rings. The van der Waals surface area contributed by atoms with Crippen molar-refractivity contribution in [2.75, 3.05) is 0 Å². The van der Waals surface area contributed by atoms with Gasteiger partial charge in [0.25, 0.3) is 5.91 Å². The second-order valence-electron chi connectivity index (χ2n) is 5.41. The topological polar surface area (TPSA) is 60.1 Å². The highest BCUT2D eigenvalue weighted by Gasteiger charge is 2.40. The summed E-state index contributed by atoms with van der Waals surface area (Å²) in [5, 5.41) is 6.16. The minimum absolute atomic E-state index is 0.0150. The van der Waals surface area contributed by atoms with Crippen molar-refractivity contribution in [1.82, 2.24) is 15.1 Å². The van der Waals surface area contributed by atoms with E-state index in [1.54, 1.807) is 24.3 Å². The number of nitrogens with zero attached hydrogens (tertiary/aromatic N) is 2. The van der Waals surface area contributed by atoms with E-state index in [0.717, 1.165) is 16.4 Å². The molecule has 25 heavy (non-hydrogen) atoms. The number of hydrogen-bond acceptors (Lipinski definition) is 3. The largest absolute Gasteiger partial charge is 0.467 e. The number of aryl methyl sites for hydroxylation is 1. The van der Waals surface area contributed by atoms with Crippen LogP contribution >= 0.6 is 0 Å². The fraction of sp³-hybridized carbons (Fsp3) is 0.176. The van der Waals surface area contributed by atoms with E-state index < -0.39 is 23.3 Å². The van der Waals surface area contributed by atoms with Gasteiger partial charge in [0, 0.05) is 0 Å². The average molecular weight is 349 g/mol. The maximum atomic E-state index is 13.5. The Morgan fingerprint density at radius 2 is 1.96 bits per heavy atom. The van der Waals surface area contributed by atoms with E-state index in [0.29, 0.717) is 5.76 Å². The average Bonchev–Trinajstić information content (AvgIpc) is 3.22. The lowest BCUT2D eigenvalue weighted by Crippen LogP contribution is -2.26. The molecule has 0 radical (unpaired) electrons. The predicted octanol–water partition coefficient (Wildman–Crippen LogP) is 3.72. The number of nitrogens with one attached hydrogen (secondary N) is 1. The van der Waals surface area contributed by atoms with Crippen molar-refractivity contribution in [2.45, 2.75) is 19.6 Å². The van der Waals surface area contributed by atoms with Crippen molar-refractivity contribution in [2.24, 2.45) is 0 Å². The summed E-state index contributed by atoms with van der Waals surface area (Å²) in [6.45, 7) is 1.81. The minimum atomic E-state index is -4.74. The van der Waals surface area contributed by atoms with E-state index in [2.05, 4.69) is 10.4 Å². The molecule has 0 aliphatic rings. The molecule has 5 nitrogen and oxygen atoms in total. The molecule has 1 N–H and O–H groups in total. The first-order chi connectivity index (χ1) is 11.9. The summed E-state index contributed by atoms with van der Waals surface area (Å²) in [5.41, 5.74) is -0.531. The molecule has 0 aliphatic carbocycles. The lowest BCUT2D eigenvalue weighted by Gasteiger charge is -2.13. The number of carbonyl (C=O) groups excluding carboxylic acids is 1. The number of halogens is 3. The van der Waals surface area contributed by atoms with Gasteiger partial charge in [-0.2, -0.15) is 18.3 Å². The number of amides is 1. The molecule has 130 valence electrons. The van der Waals surface area contributed by atoms with Gasteiger partial charge in [0.1, 0.15) is 5.76 Å². The Balaban J connectivity index is 1.94. The van der Waals surface area contributed by atoms with E-state index in [1.807, 2.05) is 6.92 Å². The van der Waals surface area contributed by atoms with Gasteiger partial charge < -0.3 is 9.73 Å². The SMILES string of the molecule is Cc1ccc(-n2ncc(C(=O)NCc3ccco3)c2C(F)(F)F)cc1. The molecule has 1 amide bonds. The van der Waals surface area contributed by atoms with E-state index in [1.165, 1.54) is 18.4 Å². The molecule has 3 rings (SSSR count). The first-order valence-electron chi connectivity index (χ1n) is 7.39. The summed E-state index contributed by atoms with van der Waals surface area (Å²) in [6, 6.07) is 9.62. The molecule has 0 saturated carbocycles. The van der Waals surface area contributed by atoms with Gasteiger partial charge in [0.05, 0.1) is 30.3 Å². The Bertz CT molecular complexity index is 866. The molecule has 0 spiro atoms. The van der Waals surface area contributed by atoms with Crippen LogP contribution in [0.1, 0.15) is 27.4 Å². The van der Waals surface area contributed by atoms with Crippen LogP contribution < -0.4 is 5.32 Å². The van der Waals surface area contributed by atoms with Gasteiger partial charge in [-0.25, -0.2) is 4.68 Å². The van der Waals surface area contributed by atoms with Crippen LogP contribution in [0.2, 0.25) is 0 Å².